The molecule has 1 unspecified atom stereocenters. The van der Waals surface area contributed by atoms with Gasteiger partial charge in [0.15, 0.2) is 0 Å². The zero-order chi connectivity index (χ0) is 10.8. The number of nitrogens with zero attached hydrogens (tertiary/aromatic N) is 1. The second-order valence-electron chi connectivity index (χ2n) is 3.74. The monoisotopic (exact) mass is 324 g/mol. The number of hydrogen-bond donors (Lipinski definition) is 1. The van der Waals surface area contributed by atoms with Crippen molar-refractivity contribution in [2.24, 2.45) is 11.7 Å². The molecule has 1 atom stereocenters. The highest BCUT2D eigenvalue weighted by atomic mass is 79.9. The number of likely N-dealkylation sites (tertiary alicyclic amines) is 1. The molecule has 6 heteroatoms. The second-order valence-corrected chi connectivity index (χ2v) is 5.51. The van der Waals surface area contributed by atoms with E-state index in [1.165, 1.54) is 11.3 Å². The SMILES string of the molecule is Cl.NCC1CCN(C(=O)c2sccc2Br)C1. The van der Waals surface area contributed by atoms with Gasteiger partial charge >= 0.3 is 0 Å². The maximum Gasteiger partial charge on any atom is 0.265 e. The minimum absolute atomic E-state index is 0. The van der Waals surface area contributed by atoms with Gasteiger partial charge in [0.25, 0.3) is 5.91 Å². The van der Waals surface area contributed by atoms with Crippen molar-refractivity contribution in [3.63, 3.8) is 0 Å². The van der Waals surface area contributed by atoms with E-state index in [9.17, 15) is 4.79 Å². The Kier molecular flexibility index (Phi) is 5.24. The molecule has 1 aromatic rings. The van der Waals surface area contributed by atoms with Crippen molar-refractivity contribution in [2.75, 3.05) is 19.6 Å². The Morgan fingerprint density at radius 3 is 2.94 bits per heavy atom. The zero-order valence-electron chi connectivity index (χ0n) is 8.69. The molecule has 3 nitrogen and oxygen atoms in total. The molecule has 0 saturated carbocycles. The van der Waals surface area contributed by atoms with Crippen LogP contribution in [0.4, 0.5) is 0 Å². The first-order chi connectivity index (χ1) is 7.22. The summed E-state index contributed by atoms with van der Waals surface area (Å²) in [5.41, 5.74) is 5.60. The molecule has 0 aliphatic carbocycles. The maximum absolute atomic E-state index is 12.1. The smallest absolute Gasteiger partial charge is 0.265 e. The standard InChI is InChI=1S/C10H13BrN2OS.ClH/c11-8-2-4-15-9(8)10(14)13-3-1-7(5-12)6-13;/h2,4,7H,1,3,5-6,12H2;1H. The third kappa shape index (κ3) is 2.77. The van der Waals surface area contributed by atoms with Crippen LogP contribution in [0.5, 0.6) is 0 Å². The number of amides is 1. The van der Waals surface area contributed by atoms with E-state index in [-0.39, 0.29) is 18.3 Å². The fourth-order valence-electron chi connectivity index (χ4n) is 1.80. The summed E-state index contributed by atoms with van der Waals surface area (Å²) >= 11 is 4.87. The molecule has 2 rings (SSSR count). The van der Waals surface area contributed by atoms with Gasteiger partial charge in [-0.3, -0.25) is 4.79 Å². The van der Waals surface area contributed by atoms with E-state index >= 15 is 0 Å². The Balaban J connectivity index is 0.00000128. The first-order valence-electron chi connectivity index (χ1n) is 4.94. The Hall–Kier alpha value is -0.100. The minimum Gasteiger partial charge on any atom is -0.338 e. The zero-order valence-corrected chi connectivity index (χ0v) is 11.9. The molecule has 1 aliphatic heterocycles. The summed E-state index contributed by atoms with van der Waals surface area (Å²) < 4.78 is 0.897. The molecular weight excluding hydrogens is 312 g/mol. The highest BCUT2D eigenvalue weighted by molar-refractivity contribution is 9.10. The van der Waals surface area contributed by atoms with Crippen LogP contribution in [-0.2, 0) is 0 Å². The fraction of sp³-hybridized carbons (Fsp3) is 0.500. The average molecular weight is 326 g/mol. The van der Waals surface area contributed by atoms with Gasteiger partial charge in [-0.05, 0) is 46.3 Å². The van der Waals surface area contributed by atoms with Crippen molar-refractivity contribution >= 4 is 45.6 Å². The Morgan fingerprint density at radius 2 is 2.44 bits per heavy atom. The van der Waals surface area contributed by atoms with Crippen molar-refractivity contribution < 1.29 is 4.79 Å². The summed E-state index contributed by atoms with van der Waals surface area (Å²) in [5, 5.41) is 1.92. The molecule has 1 saturated heterocycles. The number of nitrogens with two attached hydrogens (primary N) is 1. The van der Waals surface area contributed by atoms with E-state index < -0.39 is 0 Å². The average Bonchev–Trinajstić information content (AvgIpc) is 2.84. The van der Waals surface area contributed by atoms with Crippen LogP contribution in [-0.4, -0.2) is 30.4 Å². The summed E-state index contributed by atoms with van der Waals surface area (Å²) in [4.78, 5) is 14.8. The van der Waals surface area contributed by atoms with Crippen LogP contribution in [0.2, 0.25) is 0 Å². The van der Waals surface area contributed by atoms with Crippen molar-refractivity contribution in [3.05, 3.63) is 20.8 Å². The lowest BCUT2D eigenvalue weighted by Crippen LogP contribution is -2.29. The van der Waals surface area contributed by atoms with Crippen LogP contribution < -0.4 is 5.73 Å². The van der Waals surface area contributed by atoms with Crippen LogP contribution in [0, 0.1) is 5.92 Å². The van der Waals surface area contributed by atoms with Crippen LogP contribution in [0.15, 0.2) is 15.9 Å². The highest BCUT2D eigenvalue weighted by Gasteiger charge is 2.27. The number of rotatable bonds is 2. The van der Waals surface area contributed by atoms with Crippen LogP contribution >= 0.6 is 39.7 Å². The lowest BCUT2D eigenvalue weighted by atomic mass is 10.1. The van der Waals surface area contributed by atoms with Crippen LogP contribution in [0.25, 0.3) is 0 Å². The predicted molar refractivity (Wildman–Crippen MR) is 72.3 cm³/mol. The molecule has 1 aliphatic rings. The second kappa shape index (κ2) is 6.00. The van der Waals surface area contributed by atoms with E-state index in [0.717, 1.165) is 28.9 Å². The Bertz CT molecular complexity index is 371. The molecule has 1 amide bonds. The van der Waals surface area contributed by atoms with Crippen molar-refractivity contribution in [1.82, 2.24) is 4.90 Å². The van der Waals surface area contributed by atoms with E-state index in [4.69, 9.17) is 5.73 Å². The van der Waals surface area contributed by atoms with Gasteiger partial charge in [0.2, 0.25) is 0 Å². The number of halogens is 2. The molecule has 0 spiro atoms. The third-order valence-electron chi connectivity index (χ3n) is 2.72. The van der Waals surface area contributed by atoms with E-state index in [1.807, 2.05) is 16.3 Å². The quantitative estimate of drug-likeness (QED) is 0.907. The lowest BCUT2D eigenvalue weighted by Gasteiger charge is -2.15. The number of carbonyl (C=O) groups is 1. The minimum atomic E-state index is 0. The molecule has 1 fully saturated rings. The van der Waals surface area contributed by atoms with Gasteiger partial charge in [-0.25, -0.2) is 0 Å². The molecule has 1 aromatic heterocycles. The van der Waals surface area contributed by atoms with Crippen LogP contribution in [0.3, 0.4) is 0 Å². The molecule has 2 N–H and O–H groups in total. The normalized spacial score (nSPS) is 19.6. The molecule has 16 heavy (non-hydrogen) atoms. The fourth-order valence-corrected chi connectivity index (χ4v) is 3.31. The molecule has 0 aromatic carbocycles. The molecule has 2 heterocycles. The van der Waals surface area contributed by atoms with Gasteiger partial charge in [-0.1, -0.05) is 0 Å². The van der Waals surface area contributed by atoms with Gasteiger partial charge in [-0.2, -0.15) is 0 Å². The summed E-state index contributed by atoms with van der Waals surface area (Å²) in [6, 6.07) is 1.91. The summed E-state index contributed by atoms with van der Waals surface area (Å²) in [6.45, 7) is 2.32. The topological polar surface area (TPSA) is 46.3 Å². The summed E-state index contributed by atoms with van der Waals surface area (Å²) in [7, 11) is 0. The third-order valence-corrected chi connectivity index (χ3v) is 4.54. The van der Waals surface area contributed by atoms with E-state index in [2.05, 4.69) is 15.9 Å². The van der Waals surface area contributed by atoms with Gasteiger partial charge in [-0.15, -0.1) is 23.7 Å². The highest BCUT2D eigenvalue weighted by Crippen LogP contribution is 2.26. The first-order valence-corrected chi connectivity index (χ1v) is 6.62. The van der Waals surface area contributed by atoms with Gasteiger partial charge < -0.3 is 10.6 Å². The van der Waals surface area contributed by atoms with Gasteiger partial charge in [0.1, 0.15) is 4.88 Å². The number of hydrogen-bond acceptors (Lipinski definition) is 3. The van der Waals surface area contributed by atoms with E-state index in [0.29, 0.717) is 12.5 Å². The van der Waals surface area contributed by atoms with Gasteiger partial charge in [0.05, 0.1) is 0 Å². The molecule has 0 bridgehead atoms. The maximum atomic E-state index is 12.1. The van der Waals surface area contributed by atoms with E-state index in [1.54, 1.807) is 0 Å². The summed E-state index contributed by atoms with van der Waals surface area (Å²) in [5.74, 6) is 0.612. The lowest BCUT2D eigenvalue weighted by molar-refractivity contribution is 0.0791. The molecule has 0 radical (unpaired) electrons. The Labute approximate surface area is 114 Å². The number of thiophene rings is 1. The first kappa shape index (κ1) is 14.0. The predicted octanol–water partition coefficient (Wildman–Crippen LogP) is 2.35. The van der Waals surface area contributed by atoms with Gasteiger partial charge in [0, 0.05) is 17.6 Å². The van der Waals surface area contributed by atoms with Crippen LogP contribution in [0.1, 0.15) is 16.1 Å². The Morgan fingerprint density at radius 1 is 1.69 bits per heavy atom. The van der Waals surface area contributed by atoms with Crippen molar-refractivity contribution in [2.45, 2.75) is 6.42 Å². The largest absolute Gasteiger partial charge is 0.338 e. The summed E-state index contributed by atoms with van der Waals surface area (Å²) in [6.07, 6.45) is 1.03. The van der Waals surface area contributed by atoms with Crippen molar-refractivity contribution in [3.8, 4) is 0 Å². The molecule has 90 valence electrons. The molecular formula is C10H14BrClN2OS. The number of carbonyl (C=O) groups excluding carboxylic acids is 1. The van der Waals surface area contributed by atoms with Crippen molar-refractivity contribution in [1.29, 1.82) is 0 Å².